The summed E-state index contributed by atoms with van der Waals surface area (Å²) in [6.07, 6.45) is 0. The van der Waals surface area contributed by atoms with E-state index in [1.54, 1.807) is 0 Å². The molecule has 3 N–H and O–H groups in total. The molecule has 0 heterocycles. The summed E-state index contributed by atoms with van der Waals surface area (Å²) in [4.78, 5) is 0. The minimum atomic E-state index is 0.197. The summed E-state index contributed by atoms with van der Waals surface area (Å²) in [5.41, 5.74) is 5.88. The molecule has 0 spiro atoms. The van der Waals surface area contributed by atoms with E-state index in [-0.39, 0.29) is 5.41 Å². The van der Waals surface area contributed by atoms with Gasteiger partial charge < -0.3 is 11.1 Å². The van der Waals surface area contributed by atoms with Crippen LogP contribution >= 0.6 is 0 Å². The average Bonchev–Trinajstić information content (AvgIpc) is 1.88. The minimum Gasteiger partial charge on any atom is -0.330 e. The first-order chi connectivity index (χ1) is 4.95. The van der Waals surface area contributed by atoms with Crippen molar-refractivity contribution in [2.24, 2.45) is 17.1 Å². The van der Waals surface area contributed by atoms with Crippen molar-refractivity contribution in [3.05, 3.63) is 0 Å². The molecule has 1 unspecified atom stereocenters. The summed E-state index contributed by atoms with van der Waals surface area (Å²) in [5.74, 6) is 0.638. The third kappa shape index (κ3) is 2.80. The van der Waals surface area contributed by atoms with Gasteiger partial charge in [-0.15, -0.1) is 0 Å². The van der Waals surface area contributed by atoms with Crippen molar-refractivity contribution < 1.29 is 0 Å². The van der Waals surface area contributed by atoms with E-state index >= 15 is 0 Å². The van der Waals surface area contributed by atoms with Gasteiger partial charge in [0.05, 0.1) is 0 Å². The monoisotopic (exact) mass is 158 g/mol. The Morgan fingerprint density at radius 2 is 1.82 bits per heavy atom. The van der Waals surface area contributed by atoms with E-state index in [1.165, 1.54) is 0 Å². The molecule has 0 aliphatic rings. The van der Waals surface area contributed by atoms with Crippen LogP contribution in [0.4, 0.5) is 0 Å². The van der Waals surface area contributed by atoms with E-state index in [2.05, 4.69) is 33.0 Å². The van der Waals surface area contributed by atoms with Gasteiger partial charge in [-0.2, -0.15) is 0 Å². The molecular formula is C9H22N2. The molecule has 2 nitrogen and oxygen atoms in total. The summed E-state index contributed by atoms with van der Waals surface area (Å²) in [6.45, 7) is 9.58. The average molecular weight is 158 g/mol. The highest BCUT2D eigenvalue weighted by Gasteiger charge is 2.28. The molecule has 68 valence electrons. The zero-order chi connectivity index (χ0) is 9.07. The molecule has 0 aromatic rings. The third-order valence-electron chi connectivity index (χ3n) is 2.35. The van der Waals surface area contributed by atoms with Crippen LogP contribution in [-0.4, -0.2) is 19.6 Å². The first kappa shape index (κ1) is 10.9. The van der Waals surface area contributed by atoms with Crippen molar-refractivity contribution in [2.75, 3.05) is 13.6 Å². The molecule has 0 rings (SSSR count). The van der Waals surface area contributed by atoms with Crippen LogP contribution in [-0.2, 0) is 0 Å². The summed E-state index contributed by atoms with van der Waals surface area (Å²) in [7, 11) is 2.00. The fourth-order valence-electron chi connectivity index (χ4n) is 1.75. The molecule has 0 aromatic heterocycles. The molecule has 0 aromatic carbocycles. The lowest BCUT2D eigenvalue weighted by molar-refractivity contribution is 0.208. The summed E-state index contributed by atoms with van der Waals surface area (Å²) in [6, 6.07) is 0.507. The maximum atomic E-state index is 5.68. The van der Waals surface area contributed by atoms with Crippen molar-refractivity contribution in [1.82, 2.24) is 5.32 Å². The Morgan fingerprint density at radius 1 is 1.36 bits per heavy atom. The highest BCUT2D eigenvalue weighted by Crippen LogP contribution is 2.23. The Morgan fingerprint density at radius 3 is 1.91 bits per heavy atom. The van der Waals surface area contributed by atoms with Crippen LogP contribution in [0.3, 0.4) is 0 Å². The molecule has 2 heteroatoms. The van der Waals surface area contributed by atoms with Gasteiger partial charge in [-0.25, -0.2) is 0 Å². The first-order valence-electron chi connectivity index (χ1n) is 4.33. The van der Waals surface area contributed by atoms with Crippen LogP contribution in [0.5, 0.6) is 0 Å². The summed E-state index contributed by atoms with van der Waals surface area (Å²) in [5, 5.41) is 3.31. The van der Waals surface area contributed by atoms with Gasteiger partial charge in [0.25, 0.3) is 0 Å². The van der Waals surface area contributed by atoms with Crippen LogP contribution in [0.2, 0.25) is 0 Å². The second-order valence-electron chi connectivity index (χ2n) is 4.20. The van der Waals surface area contributed by atoms with E-state index in [0.29, 0.717) is 12.0 Å². The summed E-state index contributed by atoms with van der Waals surface area (Å²) >= 11 is 0. The number of nitrogens with two attached hydrogens (primary N) is 1. The lowest BCUT2D eigenvalue weighted by Crippen LogP contribution is -2.47. The van der Waals surface area contributed by atoms with E-state index in [9.17, 15) is 0 Å². The Labute approximate surface area is 70.5 Å². The Kier molecular flexibility index (Phi) is 4.04. The fourth-order valence-corrected chi connectivity index (χ4v) is 1.75. The van der Waals surface area contributed by atoms with Gasteiger partial charge in [0, 0.05) is 6.04 Å². The van der Waals surface area contributed by atoms with Gasteiger partial charge >= 0.3 is 0 Å². The van der Waals surface area contributed by atoms with Crippen LogP contribution in [0.1, 0.15) is 27.7 Å². The van der Waals surface area contributed by atoms with Gasteiger partial charge in [-0.1, -0.05) is 27.7 Å². The SMILES string of the molecule is CNC(C(C)C)C(C)(C)CN. The van der Waals surface area contributed by atoms with Gasteiger partial charge in [-0.3, -0.25) is 0 Å². The van der Waals surface area contributed by atoms with Crippen molar-refractivity contribution in [1.29, 1.82) is 0 Å². The van der Waals surface area contributed by atoms with Gasteiger partial charge in [-0.05, 0) is 24.9 Å². The third-order valence-corrected chi connectivity index (χ3v) is 2.35. The highest BCUT2D eigenvalue weighted by molar-refractivity contribution is 4.85. The van der Waals surface area contributed by atoms with Gasteiger partial charge in [0.1, 0.15) is 0 Å². The molecule has 11 heavy (non-hydrogen) atoms. The van der Waals surface area contributed by atoms with Crippen molar-refractivity contribution >= 4 is 0 Å². The lowest BCUT2D eigenvalue weighted by atomic mass is 9.79. The molecule has 0 saturated heterocycles. The first-order valence-corrected chi connectivity index (χ1v) is 4.33. The Balaban J connectivity index is 4.23. The van der Waals surface area contributed by atoms with Crippen LogP contribution in [0, 0.1) is 11.3 Å². The Bertz CT molecular complexity index is 108. The maximum absolute atomic E-state index is 5.68. The molecule has 0 aliphatic heterocycles. The van der Waals surface area contributed by atoms with Crippen molar-refractivity contribution in [2.45, 2.75) is 33.7 Å². The molecule has 0 aliphatic carbocycles. The molecule has 1 atom stereocenters. The van der Waals surface area contributed by atoms with Gasteiger partial charge in [0.2, 0.25) is 0 Å². The predicted molar refractivity (Wildman–Crippen MR) is 50.5 cm³/mol. The van der Waals surface area contributed by atoms with E-state index in [1.807, 2.05) is 7.05 Å². The fraction of sp³-hybridized carbons (Fsp3) is 1.00. The van der Waals surface area contributed by atoms with Crippen LogP contribution in [0.15, 0.2) is 0 Å². The summed E-state index contributed by atoms with van der Waals surface area (Å²) < 4.78 is 0. The number of hydrogen-bond donors (Lipinski definition) is 2. The molecule has 0 bridgehead atoms. The number of hydrogen-bond acceptors (Lipinski definition) is 2. The predicted octanol–water partition coefficient (Wildman–Crippen LogP) is 1.22. The molecule has 0 fully saturated rings. The standard InChI is InChI=1S/C9H22N2/c1-7(2)8(11-5)9(3,4)6-10/h7-8,11H,6,10H2,1-5H3. The molecule has 0 amide bonds. The minimum absolute atomic E-state index is 0.197. The van der Waals surface area contributed by atoms with E-state index in [0.717, 1.165) is 6.54 Å². The second kappa shape index (κ2) is 4.07. The Hall–Kier alpha value is -0.0800. The topological polar surface area (TPSA) is 38.0 Å². The number of nitrogens with one attached hydrogen (secondary N) is 1. The van der Waals surface area contributed by atoms with Gasteiger partial charge in [0.15, 0.2) is 0 Å². The number of rotatable bonds is 4. The van der Waals surface area contributed by atoms with Crippen LogP contribution < -0.4 is 11.1 Å². The van der Waals surface area contributed by atoms with Crippen LogP contribution in [0.25, 0.3) is 0 Å². The maximum Gasteiger partial charge on any atom is 0.0150 e. The quantitative estimate of drug-likeness (QED) is 0.645. The molecular weight excluding hydrogens is 136 g/mol. The zero-order valence-electron chi connectivity index (χ0n) is 8.44. The lowest BCUT2D eigenvalue weighted by Gasteiger charge is -2.35. The normalized spacial score (nSPS) is 15.5. The zero-order valence-corrected chi connectivity index (χ0v) is 8.44. The second-order valence-corrected chi connectivity index (χ2v) is 4.20. The highest BCUT2D eigenvalue weighted by atomic mass is 14.9. The largest absolute Gasteiger partial charge is 0.330 e. The smallest absolute Gasteiger partial charge is 0.0150 e. The van der Waals surface area contributed by atoms with E-state index < -0.39 is 0 Å². The molecule has 0 radical (unpaired) electrons. The molecule has 0 saturated carbocycles. The van der Waals surface area contributed by atoms with E-state index in [4.69, 9.17) is 5.73 Å². The van der Waals surface area contributed by atoms with Crippen molar-refractivity contribution in [3.8, 4) is 0 Å². The van der Waals surface area contributed by atoms with Crippen molar-refractivity contribution in [3.63, 3.8) is 0 Å².